The van der Waals surface area contributed by atoms with Crippen molar-refractivity contribution < 1.29 is 19.4 Å². The van der Waals surface area contributed by atoms with Gasteiger partial charge in [-0.25, -0.2) is 9.59 Å². The highest BCUT2D eigenvalue weighted by atomic mass is 79.9. The highest BCUT2D eigenvalue weighted by Crippen LogP contribution is 2.44. The third-order valence-electron chi connectivity index (χ3n) is 5.83. The molecule has 3 aromatic carbocycles. The second-order valence-electron chi connectivity index (χ2n) is 7.98. The zero-order chi connectivity index (χ0) is 23.7. The predicted molar refractivity (Wildman–Crippen MR) is 131 cm³/mol. The molecule has 8 heteroatoms. The van der Waals surface area contributed by atoms with Crippen molar-refractivity contribution in [3.63, 3.8) is 0 Å². The number of nitrogens with zero attached hydrogens (tertiary/aromatic N) is 2. The van der Waals surface area contributed by atoms with Crippen molar-refractivity contribution in [2.45, 2.75) is 12.5 Å². The summed E-state index contributed by atoms with van der Waals surface area (Å²) in [4.78, 5) is 23.6. The predicted octanol–water partition coefficient (Wildman–Crippen LogP) is 5.75. The largest absolute Gasteiger partial charge is 0.478 e. The molecule has 1 heterocycles. The normalized spacial score (nSPS) is 12.1. The summed E-state index contributed by atoms with van der Waals surface area (Å²) < 4.78 is 7.85. The molecule has 1 aromatic heterocycles. The van der Waals surface area contributed by atoms with Crippen molar-refractivity contribution >= 4 is 33.8 Å². The molecule has 0 spiro atoms. The lowest BCUT2D eigenvalue weighted by Crippen LogP contribution is -2.18. The van der Waals surface area contributed by atoms with Gasteiger partial charge in [0.25, 0.3) is 0 Å². The van der Waals surface area contributed by atoms with Crippen molar-refractivity contribution in [2.24, 2.45) is 0 Å². The molecule has 5 rings (SSSR count). The summed E-state index contributed by atoms with van der Waals surface area (Å²) in [6, 6.07) is 22.9. The van der Waals surface area contributed by atoms with E-state index in [9.17, 15) is 9.59 Å². The summed E-state index contributed by atoms with van der Waals surface area (Å²) in [5.74, 6) is -0.643. The number of rotatable bonds is 6. The lowest BCUT2D eigenvalue weighted by molar-refractivity contribution is 0.0696. The summed E-state index contributed by atoms with van der Waals surface area (Å²) in [6.45, 7) is 0.638. The molecule has 0 radical (unpaired) electrons. The van der Waals surface area contributed by atoms with E-state index in [0.717, 1.165) is 16.7 Å². The van der Waals surface area contributed by atoms with Crippen LogP contribution in [0.4, 0.5) is 10.6 Å². The van der Waals surface area contributed by atoms with Crippen LogP contribution in [0, 0.1) is 0 Å². The van der Waals surface area contributed by atoms with E-state index in [-0.39, 0.29) is 18.1 Å². The first-order valence-electron chi connectivity index (χ1n) is 10.7. The number of halogens is 1. The minimum absolute atomic E-state index is 0.0204. The highest BCUT2D eigenvalue weighted by Gasteiger charge is 2.29. The fraction of sp³-hybridized carbons (Fsp3) is 0.115. The van der Waals surface area contributed by atoms with Gasteiger partial charge in [-0.2, -0.15) is 5.10 Å². The SMILES string of the molecule is O=C(Nc1nn(Cc2ccc(C(=O)O)cc2)cc1Br)OCC1c2ccccc2-c2ccccc21. The molecular formula is C26H20BrN3O4. The Balaban J connectivity index is 1.23. The minimum atomic E-state index is -0.969. The van der Waals surface area contributed by atoms with Crippen molar-refractivity contribution in [2.75, 3.05) is 11.9 Å². The van der Waals surface area contributed by atoms with E-state index in [1.165, 1.54) is 11.1 Å². The van der Waals surface area contributed by atoms with Crippen molar-refractivity contribution in [1.82, 2.24) is 9.78 Å². The number of hydrogen-bond acceptors (Lipinski definition) is 4. The van der Waals surface area contributed by atoms with E-state index >= 15 is 0 Å². The topological polar surface area (TPSA) is 93.5 Å². The number of amides is 1. The maximum Gasteiger partial charge on any atom is 0.412 e. The summed E-state index contributed by atoms with van der Waals surface area (Å²) in [5, 5.41) is 16.1. The van der Waals surface area contributed by atoms with Gasteiger partial charge in [-0.1, -0.05) is 60.7 Å². The Bertz CT molecular complexity index is 1340. The van der Waals surface area contributed by atoms with Crippen LogP contribution in [0.1, 0.15) is 33.0 Å². The van der Waals surface area contributed by atoms with Crippen LogP contribution in [0.3, 0.4) is 0 Å². The summed E-state index contributed by atoms with van der Waals surface area (Å²) in [6.07, 6.45) is 1.16. The van der Waals surface area contributed by atoms with Gasteiger partial charge < -0.3 is 9.84 Å². The first kappa shape index (κ1) is 21.9. The average molecular weight is 518 g/mol. The van der Waals surface area contributed by atoms with Crippen LogP contribution in [0.5, 0.6) is 0 Å². The van der Waals surface area contributed by atoms with Crippen LogP contribution in [0.15, 0.2) is 83.5 Å². The molecule has 0 saturated carbocycles. The van der Waals surface area contributed by atoms with Gasteiger partial charge in [0.1, 0.15) is 6.61 Å². The van der Waals surface area contributed by atoms with Crippen LogP contribution in [-0.4, -0.2) is 33.6 Å². The number of nitrogens with one attached hydrogen (secondary N) is 1. The molecule has 4 aromatic rings. The van der Waals surface area contributed by atoms with Gasteiger partial charge in [-0.15, -0.1) is 0 Å². The van der Waals surface area contributed by atoms with Crippen LogP contribution in [-0.2, 0) is 11.3 Å². The molecule has 0 fully saturated rings. The Hall–Kier alpha value is -3.91. The van der Waals surface area contributed by atoms with Gasteiger partial charge in [0.05, 0.1) is 16.6 Å². The molecule has 7 nitrogen and oxygen atoms in total. The monoisotopic (exact) mass is 517 g/mol. The summed E-state index contributed by atoms with van der Waals surface area (Å²) in [7, 11) is 0. The summed E-state index contributed by atoms with van der Waals surface area (Å²) >= 11 is 3.42. The van der Waals surface area contributed by atoms with E-state index in [4.69, 9.17) is 9.84 Å². The van der Waals surface area contributed by atoms with Crippen molar-refractivity contribution in [3.05, 3.63) is 106 Å². The zero-order valence-electron chi connectivity index (χ0n) is 17.9. The number of aromatic nitrogens is 2. The number of anilines is 1. The number of benzene rings is 3. The number of carbonyl (C=O) groups is 2. The van der Waals surface area contributed by atoms with Crippen LogP contribution in [0.2, 0.25) is 0 Å². The quantitative estimate of drug-likeness (QED) is 0.339. The lowest BCUT2D eigenvalue weighted by atomic mass is 9.98. The molecular weight excluding hydrogens is 498 g/mol. The molecule has 0 atom stereocenters. The second kappa shape index (κ2) is 9.15. The molecule has 2 N–H and O–H groups in total. The number of carboxylic acid groups (broad SMARTS) is 1. The molecule has 0 saturated heterocycles. The van der Waals surface area contributed by atoms with E-state index in [2.05, 4.69) is 50.6 Å². The first-order valence-corrected chi connectivity index (χ1v) is 11.5. The maximum absolute atomic E-state index is 12.6. The zero-order valence-corrected chi connectivity index (χ0v) is 19.5. The van der Waals surface area contributed by atoms with Crippen molar-refractivity contribution in [3.8, 4) is 11.1 Å². The van der Waals surface area contributed by atoms with Crippen molar-refractivity contribution in [1.29, 1.82) is 0 Å². The number of carboxylic acids is 1. The number of aromatic carboxylic acids is 1. The molecule has 1 amide bonds. The molecule has 0 unspecified atom stereocenters. The smallest absolute Gasteiger partial charge is 0.412 e. The Kier molecular flexibility index (Phi) is 5.90. The fourth-order valence-corrected chi connectivity index (χ4v) is 4.65. The minimum Gasteiger partial charge on any atom is -0.478 e. The average Bonchev–Trinajstić information content (AvgIpc) is 3.34. The molecule has 34 heavy (non-hydrogen) atoms. The lowest BCUT2D eigenvalue weighted by Gasteiger charge is -2.14. The molecule has 1 aliphatic carbocycles. The second-order valence-corrected chi connectivity index (χ2v) is 8.83. The van der Waals surface area contributed by atoms with Gasteiger partial charge in [0.2, 0.25) is 0 Å². The highest BCUT2D eigenvalue weighted by molar-refractivity contribution is 9.10. The first-order chi connectivity index (χ1) is 16.5. The van der Waals surface area contributed by atoms with Gasteiger partial charge in [0, 0.05) is 12.1 Å². The molecule has 170 valence electrons. The van der Waals surface area contributed by atoms with Gasteiger partial charge >= 0.3 is 12.1 Å². The van der Waals surface area contributed by atoms with Gasteiger partial charge in [-0.3, -0.25) is 10.00 Å². The number of carbonyl (C=O) groups excluding carboxylic acids is 1. The Morgan fingerprint density at radius 2 is 1.59 bits per heavy atom. The van der Waals surface area contributed by atoms with E-state index in [1.54, 1.807) is 35.1 Å². The third kappa shape index (κ3) is 4.32. The number of fused-ring (bicyclic) bond motifs is 3. The van der Waals surface area contributed by atoms with E-state index < -0.39 is 12.1 Å². The van der Waals surface area contributed by atoms with Crippen LogP contribution >= 0.6 is 15.9 Å². The Labute approximate surface area is 204 Å². The fourth-order valence-electron chi connectivity index (χ4n) is 4.23. The third-order valence-corrected chi connectivity index (χ3v) is 6.41. The maximum atomic E-state index is 12.6. The Morgan fingerprint density at radius 3 is 2.21 bits per heavy atom. The Morgan fingerprint density at radius 1 is 0.971 bits per heavy atom. The van der Waals surface area contributed by atoms with E-state index in [1.807, 2.05) is 24.3 Å². The van der Waals surface area contributed by atoms with E-state index in [0.29, 0.717) is 16.8 Å². The molecule has 1 aliphatic rings. The van der Waals surface area contributed by atoms with Gasteiger partial charge in [-0.05, 0) is 55.9 Å². The molecule has 0 bridgehead atoms. The number of hydrogen-bond donors (Lipinski definition) is 2. The van der Waals surface area contributed by atoms with Crippen LogP contribution < -0.4 is 5.32 Å². The van der Waals surface area contributed by atoms with Crippen LogP contribution in [0.25, 0.3) is 11.1 Å². The standard InChI is InChI=1S/C26H20BrN3O4/c27-23-14-30(13-16-9-11-17(12-10-16)25(31)32)29-24(23)28-26(33)34-15-22-20-7-3-1-5-18(20)19-6-2-4-8-21(19)22/h1-12,14,22H,13,15H2,(H,31,32)(H,28,29,33). The summed E-state index contributed by atoms with van der Waals surface area (Å²) in [5.41, 5.74) is 5.75. The molecule has 0 aliphatic heterocycles. The van der Waals surface area contributed by atoms with Gasteiger partial charge in [0.15, 0.2) is 5.82 Å². The number of ether oxygens (including phenoxy) is 1.